The molecule has 39 heavy (non-hydrogen) atoms. The zero-order chi connectivity index (χ0) is 27.7. The third-order valence-corrected chi connectivity index (χ3v) is 8.01. The fourth-order valence-electron chi connectivity index (χ4n) is 6.23. The van der Waals surface area contributed by atoms with Gasteiger partial charge in [0.2, 0.25) is 18.6 Å². The molecule has 6 rings (SSSR count). The van der Waals surface area contributed by atoms with Gasteiger partial charge in [0.1, 0.15) is 0 Å². The number of urea groups is 1. The standard InChI is InChI=1S/C27H29N5O7/c1-26(2,3)31-24(34)27(23(33)28-25(31)35)12-17-11-18(32(36)37)5-6-19(17)30-9-8-29(14-22(27)30)13-16-4-7-20-21(10-16)39-15-38-20/h4-7,10-11,22H,8-9,12-15H2,1-3H3,(H,28,33,35)/t22-,27-/m1/s1. The van der Waals surface area contributed by atoms with Gasteiger partial charge in [-0.05, 0) is 50.1 Å². The van der Waals surface area contributed by atoms with Gasteiger partial charge in [0, 0.05) is 56.0 Å². The number of hydrogen-bond donors (Lipinski definition) is 1. The van der Waals surface area contributed by atoms with E-state index in [0.29, 0.717) is 43.2 Å². The number of amides is 4. The van der Waals surface area contributed by atoms with Crippen molar-refractivity contribution in [3.63, 3.8) is 0 Å². The number of nitrogens with one attached hydrogen (secondary N) is 1. The van der Waals surface area contributed by atoms with Gasteiger partial charge in [0.25, 0.3) is 5.69 Å². The highest BCUT2D eigenvalue weighted by Crippen LogP contribution is 2.47. The Morgan fingerprint density at radius 3 is 2.59 bits per heavy atom. The lowest BCUT2D eigenvalue weighted by Crippen LogP contribution is -2.76. The molecule has 0 saturated carbocycles. The van der Waals surface area contributed by atoms with Crippen LogP contribution in [0.3, 0.4) is 0 Å². The molecule has 0 radical (unpaired) electrons. The molecule has 2 aromatic rings. The van der Waals surface area contributed by atoms with Gasteiger partial charge in [0.05, 0.1) is 11.0 Å². The summed E-state index contributed by atoms with van der Waals surface area (Å²) in [6, 6.07) is 8.97. The highest BCUT2D eigenvalue weighted by Gasteiger charge is 2.64. The number of nitrogens with zero attached hydrogens (tertiary/aromatic N) is 4. The van der Waals surface area contributed by atoms with Gasteiger partial charge in [-0.1, -0.05) is 6.07 Å². The quantitative estimate of drug-likeness (QED) is 0.357. The number of carbonyl (C=O) groups is 3. The minimum absolute atomic E-state index is 0.0480. The van der Waals surface area contributed by atoms with Crippen LogP contribution in [-0.2, 0) is 22.6 Å². The summed E-state index contributed by atoms with van der Waals surface area (Å²) in [7, 11) is 0. The summed E-state index contributed by atoms with van der Waals surface area (Å²) >= 11 is 0. The van der Waals surface area contributed by atoms with E-state index in [1.54, 1.807) is 26.8 Å². The summed E-state index contributed by atoms with van der Waals surface area (Å²) in [5.74, 6) is 0.116. The summed E-state index contributed by atoms with van der Waals surface area (Å²) < 4.78 is 10.9. The van der Waals surface area contributed by atoms with E-state index in [1.807, 2.05) is 23.1 Å². The zero-order valence-electron chi connectivity index (χ0n) is 21.9. The summed E-state index contributed by atoms with van der Waals surface area (Å²) in [5, 5.41) is 14.0. The Hall–Kier alpha value is -4.19. The van der Waals surface area contributed by atoms with Crippen molar-refractivity contribution in [2.24, 2.45) is 5.41 Å². The van der Waals surface area contributed by atoms with Crippen molar-refractivity contribution in [2.75, 3.05) is 31.3 Å². The molecule has 0 bridgehead atoms. The number of nitro benzene ring substituents is 1. The number of ether oxygens (including phenoxy) is 2. The molecule has 2 saturated heterocycles. The molecule has 4 aliphatic rings. The minimum atomic E-state index is -1.64. The van der Waals surface area contributed by atoms with Gasteiger partial charge in [-0.3, -0.25) is 34.8 Å². The summed E-state index contributed by atoms with van der Waals surface area (Å²) in [6.45, 7) is 7.44. The van der Waals surface area contributed by atoms with E-state index < -0.39 is 39.8 Å². The highest BCUT2D eigenvalue weighted by atomic mass is 16.7. The first-order valence-electron chi connectivity index (χ1n) is 12.8. The van der Waals surface area contributed by atoms with Crippen molar-refractivity contribution in [1.29, 1.82) is 0 Å². The number of hydrogen-bond acceptors (Lipinski definition) is 9. The number of non-ortho nitro benzene ring substituents is 1. The second kappa shape index (κ2) is 8.67. The fourth-order valence-corrected chi connectivity index (χ4v) is 6.23. The Balaban J connectivity index is 1.41. The third kappa shape index (κ3) is 3.89. The second-order valence-corrected chi connectivity index (χ2v) is 11.4. The molecule has 2 aromatic carbocycles. The molecule has 0 unspecified atom stereocenters. The van der Waals surface area contributed by atoms with Gasteiger partial charge < -0.3 is 14.4 Å². The number of benzene rings is 2. The Morgan fingerprint density at radius 2 is 1.85 bits per heavy atom. The van der Waals surface area contributed by atoms with Crippen LogP contribution in [0.1, 0.15) is 31.9 Å². The summed E-state index contributed by atoms with van der Waals surface area (Å²) in [4.78, 5) is 57.3. The lowest BCUT2D eigenvalue weighted by molar-refractivity contribution is -0.384. The van der Waals surface area contributed by atoms with E-state index in [0.717, 1.165) is 16.2 Å². The highest BCUT2D eigenvalue weighted by molar-refractivity contribution is 6.20. The van der Waals surface area contributed by atoms with Crippen LogP contribution >= 0.6 is 0 Å². The smallest absolute Gasteiger partial charge is 0.331 e. The number of rotatable bonds is 3. The Morgan fingerprint density at radius 1 is 1.08 bits per heavy atom. The molecule has 12 nitrogen and oxygen atoms in total. The maximum atomic E-state index is 14.3. The van der Waals surface area contributed by atoms with E-state index in [1.165, 1.54) is 12.1 Å². The number of anilines is 1. The topological polar surface area (TPSA) is 135 Å². The second-order valence-electron chi connectivity index (χ2n) is 11.4. The van der Waals surface area contributed by atoms with Crippen LogP contribution < -0.4 is 19.7 Å². The largest absolute Gasteiger partial charge is 0.454 e. The van der Waals surface area contributed by atoms with Crippen molar-refractivity contribution in [3.8, 4) is 11.5 Å². The van der Waals surface area contributed by atoms with E-state index in [9.17, 15) is 24.5 Å². The van der Waals surface area contributed by atoms with Gasteiger partial charge >= 0.3 is 6.03 Å². The van der Waals surface area contributed by atoms with Crippen molar-refractivity contribution in [2.45, 2.75) is 45.3 Å². The molecule has 4 aliphatic heterocycles. The van der Waals surface area contributed by atoms with Crippen LogP contribution in [0.5, 0.6) is 11.5 Å². The lowest BCUT2D eigenvalue weighted by Gasteiger charge is -2.56. The van der Waals surface area contributed by atoms with Crippen LogP contribution in [0.15, 0.2) is 36.4 Å². The maximum Gasteiger partial charge on any atom is 0.331 e. The van der Waals surface area contributed by atoms with Gasteiger partial charge in [-0.25, -0.2) is 4.79 Å². The predicted octanol–water partition coefficient (Wildman–Crippen LogP) is 2.43. The normalized spacial score (nSPS) is 24.5. The van der Waals surface area contributed by atoms with Gasteiger partial charge in [0.15, 0.2) is 16.9 Å². The number of piperazine rings is 1. The molecular formula is C27H29N5O7. The van der Waals surface area contributed by atoms with Crippen LogP contribution in [0, 0.1) is 15.5 Å². The molecule has 2 fully saturated rings. The van der Waals surface area contributed by atoms with Crippen LogP contribution in [0.4, 0.5) is 16.2 Å². The van der Waals surface area contributed by atoms with Crippen molar-refractivity contribution in [3.05, 3.63) is 57.6 Å². The first-order chi connectivity index (χ1) is 18.5. The number of imide groups is 2. The van der Waals surface area contributed by atoms with Crippen molar-refractivity contribution < 1.29 is 28.8 Å². The molecular weight excluding hydrogens is 506 g/mol. The van der Waals surface area contributed by atoms with Crippen LogP contribution in [-0.4, -0.2) is 70.6 Å². The zero-order valence-corrected chi connectivity index (χ0v) is 21.9. The number of fused-ring (bicyclic) bond motifs is 5. The molecule has 1 N–H and O–H groups in total. The van der Waals surface area contributed by atoms with E-state index >= 15 is 0 Å². The Bertz CT molecular complexity index is 1420. The summed E-state index contributed by atoms with van der Waals surface area (Å²) in [6.07, 6.45) is -0.0480. The monoisotopic (exact) mass is 535 g/mol. The van der Waals surface area contributed by atoms with Gasteiger partial charge in [-0.2, -0.15) is 0 Å². The van der Waals surface area contributed by atoms with Crippen molar-refractivity contribution in [1.82, 2.24) is 15.1 Å². The lowest BCUT2D eigenvalue weighted by atomic mass is 9.67. The number of nitro groups is 1. The van der Waals surface area contributed by atoms with Crippen LogP contribution in [0.25, 0.3) is 0 Å². The average Bonchev–Trinajstić information content (AvgIpc) is 3.34. The fraction of sp³-hybridized carbons (Fsp3) is 0.444. The van der Waals surface area contributed by atoms with Gasteiger partial charge in [-0.15, -0.1) is 0 Å². The average molecular weight is 536 g/mol. The molecule has 4 amide bonds. The minimum Gasteiger partial charge on any atom is -0.454 e. The number of barbiturate groups is 1. The molecule has 0 aliphatic carbocycles. The SMILES string of the molecule is CC(C)(C)N1C(=O)NC(=O)[C@]2(Cc3cc([N+](=O)[O-])ccc3N3CCN(Cc4ccc5c(c4)OCO5)C[C@@H]32)C1=O. The van der Waals surface area contributed by atoms with E-state index in [2.05, 4.69) is 10.2 Å². The molecule has 2 atom stereocenters. The van der Waals surface area contributed by atoms with Crippen LogP contribution in [0.2, 0.25) is 0 Å². The Labute approximate surface area is 224 Å². The first-order valence-corrected chi connectivity index (χ1v) is 12.8. The molecule has 204 valence electrons. The van der Waals surface area contributed by atoms with Crippen molar-refractivity contribution >= 4 is 29.2 Å². The maximum absolute atomic E-state index is 14.3. The molecule has 12 heteroatoms. The predicted molar refractivity (Wildman–Crippen MR) is 138 cm³/mol. The molecule has 1 spiro atoms. The molecule has 0 aromatic heterocycles. The summed E-state index contributed by atoms with van der Waals surface area (Å²) in [5.41, 5.74) is -0.341. The number of carbonyl (C=O) groups excluding carboxylic acids is 3. The third-order valence-electron chi connectivity index (χ3n) is 8.01. The first kappa shape index (κ1) is 25.1. The van der Waals surface area contributed by atoms with E-state index in [4.69, 9.17) is 9.47 Å². The van der Waals surface area contributed by atoms with E-state index in [-0.39, 0.29) is 18.9 Å². The Kier molecular flexibility index (Phi) is 5.58. The molecule has 4 heterocycles.